The van der Waals surface area contributed by atoms with Crippen molar-refractivity contribution in [3.8, 4) is 17.1 Å². The summed E-state index contributed by atoms with van der Waals surface area (Å²) in [5.74, 6) is 2.45. The first-order valence-electron chi connectivity index (χ1n) is 6.63. The molecule has 4 heteroatoms. The number of ether oxygens (including phenoxy) is 1. The molecular formula is C17H15NO2S. The van der Waals surface area contributed by atoms with Crippen LogP contribution in [0.1, 0.15) is 5.69 Å². The Morgan fingerprint density at radius 2 is 1.81 bits per heavy atom. The third kappa shape index (κ3) is 3.47. The molecule has 0 aliphatic heterocycles. The zero-order valence-electron chi connectivity index (χ0n) is 11.7. The van der Waals surface area contributed by atoms with E-state index in [0.29, 0.717) is 0 Å². The number of nitrogens with zero attached hydrogens (tertiary/aromatic N) is 1. The molecule has 0 unspecified atom stereocenters. The first-order chi connectivity index (χ1) is 10.3. The van der Waals surface area contributed by atoms with Crippen LogP contribution < -0.4 is 4.74 Å². The summed E-state index contributed by atoms with van der Waals surface area (Å²) in [5, 5.41) is 4.12. The predicted octanol–water partition coefficient (Wildman–Crippen LogP) is 4.64. The molecule has 0 fully saturated rings. The quantitative estimate of drug-likeness (QED) is 0.642. The van der Waals surface area contributed by atoms with Gasteiger partial charge in [-0.1, -0.05) is 35.5 Å². The van der Waals surface area contributed by atoms with Gasteiger partial charge in [-0.15, -0.1) is 11.8 Å². The SMILES string of the molecule is COc1ccc(SCc2cc(-c3ccccc3)on2)cc1. The van der Waals surface area contributed by atoms with Crippen molar-refractivity contribution in [2.24, 2.45) is 0 Å². The van der Waals surface area contributed by atoms with E-state index in [0.717, 1.165) is 28.5 Å². The number of rotatable bonds is 5. The van der Waals surface area contributed by atoms with E-state index in [4.69, 9.17) is 9.26 Å². The number of aromatic nitrogens is 1. The molecule has 0 aliphatic carbocycles. The Morgan fingerprint density at radius 1 is 1.05 bits per heavy atom. The molecule has 0 radical (unpaired) electrons. The lowest BCUT2D eigenvalue weighted by atomic mass is 10.2. The first-order valence-corrected chi connectivity index (χ1v) is 7.61. The zero-order chi connectivity index (χ0) is 14.5. The minimum Gasteiger partial charge on any atom is -0.497 e. The molecular weight excluding hydrogens is 282 g/mol. The van der Waals surface area contributed by atoms with E-state index < -0.39 is 0 Å². The van der Waals surface area contributed by atoms with Crippen LogP contribution >= 0.6 is 11.8 Å². The average Bonchev–Trinajstić information content (AvgIpc) is 3.03. The van der Waals surface area contributed by atoms with Crippen molar-refractivity contribution in [3.05, 3.63) is 66.4 Å². The third-order valence-corrected chi connectivity index (χ3v) is 4.11. The van der Waals surface area contributed by atoms with E-state index >= 15 is 0 Å². The summed E-state index contributed by atoms with van der Waals surface area (Å²) in [6.45, 7) is 0. The van der Waals surface area contributed by atoms with E-state index in [2.05, 4.69) is 5.16 Å². The van der Waals surface area contributed by atoms with Crippen molar-refractivity contribution in [1.82, 2.24) is 5.16 Å². The molecule has 1 aromatic heterocycles. The number of benzene rings is 2. The number of thioether (sulfide) groups is 1. The van der Waals surface area contributed by atoms with E-state index in [-0.39, 0.29) is 0 Å². The largest absolute Gasteiger partial charge is 0.497 e. The van der Waals surface area contributed by atoms with Crippen molar-refractivity contribution in [2.75, 3.05) is 7.11 Å². The molecule has 0 N–H and O–H groups in total. The van der Waals surface area contributed by atoms with Crippen molar-refractivity contribution in [2.45, 2.75) is 10.6 Å². The molecule has 0 amide bonds. The van der Waals surface area contributed by atoms with E-state index in [1.54, 1.807) is 18.9 Å². The smallest absolute Gasteiger partial charge is 0.167 e. The molecule has 21 heavy (non-hydrogen) atoms. The highest BCUT2D eigenvalue weighted by Crippen LogP contribution is 2.26. The van der Waals surface area contributed by atoms with Crippen LogP contribution in [0.25, 0.3) is 11.3 Å². The van der Waals surface area contributed by atoms with Crippen LogP contribution in [0.5, 0.6) is 5.75 Å². The second-order valence-electron chi connectivity index (χ2n) is 4.51. The molecule has 3 rings (SSSR count). The van der Waals surface area contributed by atoms with Crippen LogP contribution in [-0.4, -0.2) is 12.3 Å². The van der Waals surface area contributed by atoms with Gasteiger partial charge in [-0.05, 0) is 24.3 Å². The summed E-state index contributed by atoms with van der Waals surface area (Å²) in [7, 11) is 1.67. The lowest BCUT2D eigenvalue weighted by Gasteiger charge is -2.01. The number of hydrogen-bond donors (Lipinski definition) is 0. The standard InChI is InChI=1S/C17H15NO2S/c1-19-15-7-9-16(10-8-15)21-12-14-11-17(20-18-14)13-5-3-2-4-6-13/h2-11H,12H2,1H3. The maximum Gasteiger partial charge on any atom is 0.167 e. The van der Waals surface area contributed by atoms with E-state index in [1.165, 1.54) is 4.90 Å². The lowest BCUT2D eigenvalue weighted by molar-refractivity contribution is 0.414. The first kappa shape index (κ1) is 13.8. The van der Waals surface area contributed by atoms with Gasteiger partial charge in [0.1, 0.15) is 5.75 Å². The highest BCUT2D eigenvalue weighted by Gasteiger charge is 2.06. The molecule has 0 spiro atoms. The lowest BCUT2D eigenvalue weighted by Crippen LogP contribution is -1.82. The molecule has 0 aliphatic rings. The van der Waals surface area contributed by atoms with Gasteiger partial charge in [-0.3, -0.25) is 0 Å². The Hall–Kier alpha value is -2.20. The van der Waals surface area contributed by atoms with Crippen LogP contribution in [0.3, 0.4) is 0 Å². The molecule has 0 atom stereocenters. The van der Waals surface area contributed by atoms with Crippen LogP contribution in [0.2, 0.25) is 0 Å². The fourth-order valence-corrected chi connectivity index (χ4v) is 2.73. The Morgan fingerprint density at radius 3 is 2.52 bits per heavy atom. The summed E-state index contributed by atoms with van der Waals surface area (Å²) in [4.78, 5) is 1.18. The molecule has 1 heterocycles. The molecule has 3 aromatic rings. The average molecular weight is 297 g/mol. The Bertz CT molecular complexity index is 692. The fraction of sp³-hybridized carbons (Fsp3) is 0.118. The monoisotopic (exact) mass is 297 g/mol. The van der Waals surface area contributed by atoms with Crippen molar-refractivity contribution in [3.63, 3.8) is 0 Å². The molecule has 106 valence electrons. The maximum absolute atomic E-state index is 5.39. The van der Waals surface area contributed by atoms with Crippen molar-refractivity contribution < 1.29 is 9.26 Å². The van der Waals surface area contributed by atoms with Crippen LogP contribution in [0.4, 0.5) is 0 Å². The fourth-order valence-electron chi connectivity index (χ4n) is 1.95. The Balaban J connectivity index is 1.64. The molecule has 3 nitrogen and oxygen atoms in total. The van der Waals surface area contributed by atoms with Crippen molar-refractivity contribution >= 4 is 11.8 Å². The Kier molecular flexibility index (Phi) is 4.26. The zero-order valence-corrected chi connectivity index (χ0v) is 12.5. The van der Waals surface area contributed by atoms with Gasteiger partial charge in [0, 0.05) is 22.3 Å². The third-order valence-electron chi connectivity index (χ3n) is 3.06. The van der Waals surface area contributed by atoms with Gasteiger partial charge in [0.2, 0.25) is 0 Å². The normalized spacial score (nSPS) is 10.5. The molecule has 0 saturated carbocycles. The number of methoxy groups -OCH3 is 1. The molecule has 0 bridgehead atoms. The summed E-state index contributed by atoms with van der Waals surface area (Å²) in [5.41, 5.74) is 1.99. The van der Waals surface area contributed by atoms with Gasteiger partial charge in [0.15, 0.2) is 5.76 Å². The second-order valence-corrected chi connectivity index (χ2v) is 5.56. The van der Waals surface area contributed by atoms with Gasteiger partial charge in [0.25, 0.3) is 0 Å². The van der Waals surface area contributed by atoms with Crippen molar-refractivity contribution in [1.29, 1.82) is 0 Å². The van der Waals surface area contributed by atoms with Gasteiger partial charge in [0.05, 0.1) is 12.8 Å². The summed E-state index contributed by atoms with van der Waals surface area (Å²) >= 11 is 1.72. The highest BCUT2D eigenvalue weighted by atomic mass is 32.2. The topological polar surface area (TPSA) is 35.3 Å². The second kappa shape index (κ2) is 6.50. The Labute approximate surface area is 127 Å². The molecule has 0 saturated heterocycles. The van der Waals surface area contributed by atoms with Crippen LogP contribution in [0.15, 0.2) is 70.1 Å². The summed E-state index contributed by atoms with van der Waals surface area (Å²) < 4.78 is 10.5. The minimum atomic E-state index is 0.780. The van der Waals surface area contributed by atoms with Crippen LogP contribution in [-0.2, 0) is 5.75 Å². The van der Waals surface area contributed by atoms with Gasteiger partial charge in [-0.2, -0.15) is 0 Å². The van der Waals surface area contributed by atoms with Gasteiger partial charge >= 0.3 is 0 Å². The van der Waals surface area contributed by atoms with Gasteiger partial charge in [-0.25, -0.2) is 0 Å². The van der Waals surface area contributed by atoms with E-state index in [9.17, 15) is 0 Å². The maximum atomic E-state index is 5.39. The number of hydrogen-bond acceptors (Lipinski definition) is 4. The van der Waals surface area contributed by atoms with Gasteiger partial charge < -0.3 is 9.26 Å². The molecule has 2 aromatic carbocycles. The minimum absolute atomic E-state index is 0.780. The summed E-state index contributed by atoms with van der Waals surface area (Å²) in [6, 6.07) is 20.0. The van der Waals surface area contributed by atoms with Crippen LogP contribution in [0, 0.1) is 0 Å². The summed E-state index contributed by atoms with van der Waals surface area (Å²) in [6.07, 6.45) is 0. The van der Waals surface area contributed by atoms with E-state index in [1.807, 2.05) is 60.7 Å². The predicted molar refractivity (Wildman–Crippen MR) is 84.5 cm³/mol. The highest BCUT2D eigenvalue weighted by molar-refractivity contribution is 7.98.